The predicted molar refractivity (Wildman–Crippen MR) is 74.6 cm³/mol. The van der Waals surface area contributed by atoms with Crippen LogP contribution in [0.5, 0.6) is 0 Å². The minimum atomic E-state index is -0.0869. The third-order valence-corrected chi connectivity index (χ3v) is 3.03. The zero-order chi connectivity index (χ0) is 13.5. The summed E-state index contributed by atoms with van der Waals surface area (Å²) in [5.74, 6) is 0.579. The Morgan fingerprint density at radius 2 is 1.83 bits per heavy atom. The van der Waals surface area contributed by atoms with E-state index < -0.39 is 0 Å². The summed E-state index contributed by atoms with van der Waals surface area (Å²) in [7, 11) is 0. The first-order valence-electron chi connectivity index (χ1n) is 6.75. The van der Waals surface area contributed by atoms with Gasteiger partial charge in [0.1, 0.15) is 0 Å². The van der Waals surface area contributed by atoms with E-state index in [1.54, 1.807) is 0 Å². The topological polar surface area (TPSA) is 26.3 Å². The van der Waals surface area contributed by atoms with Crippen molar-refractivity contribution in [2.75, 3.05) is 6.61 Å². The lowest BCUT2D eigenvalue weighted by atomic mass is 9.93. The maximum atomic E-state index is 11.7. The van der Waals surface area contributed by atoms with Crippen LogP contribution in [0.15, 0.2) is 24.3 Å². The Bertz CT molecular complexity index is 365. The molecule has 0 saturated carbocycles. The van der Waals surface area contributed by atoms with Gasteiger partial charge in [0, 0.05) is 0 Å². The summed E-state index contributed by atoms with van der Waals surface area (Å²) in [5, 5.41) is 0. The second kappa shape index (κ2) is 7.20. The Morgan fingerprint density at radius 3 is 2.33 bits per heavy atom. The summed E-state index contributed by atoms with van der Waals surface area (Å²) in [5.41, 5.74) is 2.47. The van der Waals surface area contributed by atoms with Gasteiger partial charge < -0.3 is 4.74 Å². The van der Waals surface area contributed by atoms with Crippen molar-refractivity contribution >= 4 is 5.97 Å². The number of ether oxygens (including phenoxy) is 1. The fraction of sp³-hybridized carbons (Fsp3) is 0.562. The van der Waals surface area contributed by atoms with Crippen LogP contribution in [0.25, 0.3) is 0 Å². The molecule has 0 aliphatic heterocycles. The second-order valence-corrected chi connectivity index (χ2v) is 5.30. The molecule has 100 valence electrons. The first-order chi connectivity index (χ1) is 8.52. The van der Waals surface area contributed by atoms with E-state index in [9.17, 15) is 4.79 Å². The molecule has 0 aromatic heterocycles. The Balaban J connectivity index is 2.56. The van der Waals surface area contributed by atoms with Gasteiger partial charge >= 0.3 is 5.97 Å². The highest BCUT2D eigenvalue weighted by Crippen LogP contribution is 2.24. The van der Waals surface area contributed by atoms with E-state index in [0.717, 1.165) is 6.42 Å². The summed E-state index contributed by atoms with van der Waals surface area (Å²) in [6, 6.07) is 8.41. The van der Waals surface area contributed by atoms with Crippen molar-refractivity contribution in [3.63, 3.8) is 0 Å². The molecule has 1 aromatic rings. The highest BCUT2D eigenvalue weighted by molar-refractivity contribution is 5.70. The van der Waals surface area contributed by atoms with Gasteiger partial charge in [0.15, 0.2) is 0 Å². The van der Waals surface area contributed by atoms with Gasteiger partial charge in [-0.2, -0.15) is 0 Å². The number of carbonyl (C=O) groups excluding carboxylic acids is 1. The average Bonchev–Trinajstić information content (AvgIpc) is 2.34. The smallest absolute Gasteiger partial charge is 0.306 e. The van der Waals surface area contributed by atoms with Crippen LogP contribution in [0.4, 0.5) is 0 Å². The molecule has 2 heteroatoms. The molecule has 0 bridgehead atoms. The molecule has 0 fully saturated rings. The lowest BCUT2D eigenvalue weighted by Crippen LogP contribution is -2.13. The SMILES string of the molecule is CCC(CC(=O)OCC(C)C)c1ccc(C)cc1. The van der Waals surface area contributed by atoms with Gasteiger partial charge in [-0.15, -0.1) is 0 Å². The van der Waals surface area contributed by atoms with Crippen molar-refractivity contribution in [2.24, 2.45) is 5.92 Å². The Hall–Kier alpha value is -1.31. The summed E-state index contributed by atoms with van der Waals surface area (Å²) in [6.07, 6.45) is 1.44. The van der Waals surface area contributed by atoms with Crippen molar-refractivity contribution in [2.45, 2.75) is 46.5 Å². The van der Waals surface area contributed by atoms with E-state index in [0.29, 0.717) is 18.9 Å². The van der Waals surface area contributed by atoms with Gasteiger partial charge in [-0.1, -0.05) is 50.6 Å². The van der Waals surface area contributed by atoms with Crippen molar-refractivity contribution in [1.29, 1.82) is 0 Å². The van der Waals surface area contributed by atoms with E-state index in [4.69, 9.17) is 4.74 Å². The van der Waals surface area contributed by atoms with Crippen molar-refractivity contribution in [3.05, 3.63) is 35.4 Å². The van der Waals surface area contributed by atoms with E-state index in [1.165, 1.54) is 11.1 Å². The van der Waals surface area contributed by atoms with Crippen LogP contribution in [-0.2, 0) is 9.53 Å². The minimum Gasteiger partial charge on any atom is -0.465 e. The van der Waals surface area contributed by atoms with Gasteiger partial charge in [-0.05, 0) is 30.7 Å². The van der Waals surface area contributed by atoms with E-state index >= 15 is 0 Å². The number of aryl methyl sites for hydroxylation is 1. The van der Waals surface area contributed by atoms with Crippen molar-refractivity contribution < 1.29 is 9.53 Å². The quantitative estimate of drug-likeness (QED) is 0.709. The van der Waals surface area contributed by atoms with Crippen LogP contribution in [0.1, 0.15) is 50.7 Å². The van der Waals surface area contributed by atoms with Crippen LogP contribution in [-0.4, -0.2) is 12.6 Å². The van der Waals surface area contributed by atoms with E-state index in [1.807, 2.05) is 13.8 Å². The highest BCUT2D eigenvalue weighted by atomic mass is 16.5. The number of carbonyl (C=O) groups is 1. The van der Waals surface area contributed by atoms with Crippen LogP contribution >= 0.6 is 0 Å². The van der Waals surface area contributed by atoms with Gasteiger partial charge in [-0.3, -0.25) is 4.79 Å². The minimum absolute atomic E-state index is 0.0869. The fourth-order valence-electron chi connectivity index (χ4n) is 1.86. The van der Waals surface area contributed by atoms with E-state index in [-0.39, 0.29) is 11.9 Å². The molecule has 0 aliphatic carbocycles. The number of esters is 1. The number of hydrogen-bond acceptors (Lipinski definition) is 2. The van der Waals surface area contributed by atoms with Crippen LogP contribution in [0, 0.1) is 12.8 Å². The predicted octanol–water partition coefficient (Wildman–Crippen LogP) is 4.08. The maximum absolute atomic E-state index is 11.7. The van der Waals surface area contributed by atoms with Gasteiger partial charge in [0.25, 0.3) is 0 Å². The lowest BCUT2D eigenvalue weighted by Gasteiger charge is -2.15. The Morgan fingerprint density at radius 1 is 1.22 bits per heavy atom. The summed E-state index contributed by atoms with van der Waals surface area (Å²) in [4.78, 5) is 11.7. The lowest BCUT2D eigenvalue weighted by molar-refractivity contribution is -0.145. The fourth-order valence-corrected chi connectivity index (χ4v) is 1.86. The summed E-state index contributed by atoms with van der Waals surface area (Å²) < 4.78 is 5.24. The molecule has 1 unspecified atom stereocenters. The molecule has 1 atom stereocenters. The first kappa shape index (κ1) is 14.7. The molecule has 1 aromatic carbocycles. The maximum Gasteiger partial charge on any atom is 0.306 e. The molecule has 18 heavy (non-hydrogen) atoms. The molecular formula is C16H24O2. The number of rotatable bonds is 6. The van der Waals surface area contributed by atoms with Gasteiger partial charge in [-0.25, -0.2) is 0 Å². The molecule has 0 saturated heterocycles. The molecule has 0 spiro atoms. The summed E-state index contributed by atoms with van der Waals surface area (Å²) in [6.45, 7) is 8.79. The van der Waals surface area contributed by atoms with Crippen molar-refractivity contribution in [1.82, 2.24) is 0 Å². The van der Waals surface area contributed by atoms with Gasteiger partial charge in [0.05, 0.1) is 13.0 Å². The third-order valence-electron chi connectivity index (χ3n) is 3.03. The molecule has 0 amide bonds. The Labute approximate surface area is 110 Å². The van der Waals surface area contributed by atoms with Crippen LogP contribution in [0.2, 0.25) is 0 Å². The zero-order valence-electron chi connectivity index (χ0n) is 11.9. The monoisotopic (exact) mass is 248 g/mol. The third kappa shape index (κ3) is 4.91. The number of hydrogen-bond donors (Lipinski definition) is 0. The molecule has 0 N–H and O–H groups in total. The zero-order valence-corrected chi connectivity index (χ0v) is 11.9. The van der Waals surface area contributed by atoms with E-state index in [2.05, 4.69) is 38.1 Å². The Kier molecular flexibility index (Phi) is 5.90. The average molecular weight is 248 g/mol. The molecule has 1 rings (SSSR count). The number of benzene rings is 1. The largest absolute Gasteiger partial charge is 0.465 e. The second-order valence-electron chi connectivity index (χ2n) is 5.30. The normalized spacial score (nSPS) is 12.5. The standard InChI is InChI=1S/C16H24O2/c1-5-14(10-16(17)18-11-12(2)3)15-8-6-13(4)7-9-15/h6-9,12,14H,5,10-11H2,1-4H3. The van der Waals surface area contributed by atoms with Gasteiger partial charge in [0.2, 0.25) is 0 Å². The van der Waals surface area contributed by atoms with Crippen LogP contribution in [0.3, 0.4) is 0 Å². The summed E-state index contributed by atoms with van der Waals surface area (Å²) >= 11 is 0. The molecule has 0 heterocycles. The van der Waals surface area contributed by atoms with Crippen LogP contribution < -0.4 is 0 Å². The first-order valence-corrected chi connectivity index (χ1v) is 6.75. The van der Waals surface area contributed by atoms with Crippen molar-refractivity contribution in [3.8, 4) is 0 Å². The molecular weight excluding hydrogens is 224 g/mol. The molecule has 0 aliphatic rings. The molecule has 2 nitrogen and oxygen atoms in total. The molecule has 0 radical (unpaired) electrons. The highest BCUT2D eigenvalue weighted by Gasteiger charge is 2.15.